The van der Waals surface area contributed by atoms with Crippen molar-refractivity contribution in [1.29, 1.82) is 5.26 Å². The second-order valence-corrected chi connectivity index (χ2v) is 5.92. The van der Waals surface area contributed by atoms with Gasteiger partial charge in [-0.15, -0.1) is 10.2 Å². The summed E-state index contributed by atoms with van der Waals surface area (Å²) in [6.07, 6.45) is 1.51. The summed E-state index contributed by atoms with van der Waals surface area (Å²) in [5.74, 6) is 0.996. The zero-order valence-electron chi connectivity index (χ0n) is 14.0. The zero-order valence-corrected chi connectivity index (χ0v) is 14.0. The first-order chi connectivity index (χ1) is 12.7. The molecule has 3 heterocycles. The number of anilines is 2. The summed E-state index contributed by atoms with van der Waals surface area (Å²) in [6, 6.07) is 12.9. The van der Waals surface area contributed by atoms with Gasteiger partial charge < -0.3 is 10.6 Å². The Morgan fingerprint density at radius 3 is 3.00 bits per heavy atom. The minimum atomic E-state index is -0.403. The molecule has 3 aromatic rings. The summed E-state index contributed by atoms with van der Waals surface area (Å²) in [5, 5.41) is 23.1. The predicted molar refractivity (Wildman–Crippen MR) is 94.5 cm³/mol. The number of benzene rings is 1. The Labute approximate surface area is 149 Å². The molecule has 4 rings (SSSR count). The molecule has 8 nitrogen and oxygen atoms in total. The van der Waals surface area contributed by atoms with Gasteiger partial charge in [0, 0.05) is 6.54 Å². The van der Waals surface area contributed by atoms with Crippen molar-refractivity contribution in [3.05, 3.63) is 53.9 Å². The van der Waals surface area contributed by atoms with E-state index < -0.39 is 6.04 Å². The third-order valence-corrected chi connectivity index (χ3v) is 4.24. The quantitative estimate of drug-likeness (QED) is 0.752. The fraction of sp³-hybridized carbons (Fsp3) is 0.167. The molecule has 0 radical (unpaired) electrons. The Morgan fingerprint density at radius 2 is 2.15 bits per heavy atom. The van der Waals surface area contributed by atoms with Crippen molar-refractivity contribution < 1.29 is 4.79 Å². The number of nitrogens with zero attached hydrogens (tertiary/aromatic N) is 5. The maximum atomic E-state index is 12.1. The van der Waals surface area contributed by atoms with Gasteiger partial charge in [-0.25, -0.2) is 4.98 Å². The maximum Gasteiger partial charge on any atom is 0.254 e. The van der Waals surface area contributed by atoms with Crippen molar-refractivity contribution in [1.82, 2.24) is 25.1 Å². The lowest BCUT2D eigenvalue weighted by Gasteiger charge is -2.11. The van der Waals surface area contributed by atoms with E-state index in [2.05, 4.69) is 31.9 Å². The minimum Gasteiger partial charge on any atom is -0.348 e. The van der Waals surface area contributed by atoms with Crippen LogP contribution >= 0.6 is 0 Å². The first kappa shape index (κ1) is 15.8. The third-order valence-electron chi connectivity index (χ3n) is 4.24. The fourth-order valence-electron chi connectivity index (χ4n) is 2.92. The average molecular weight is 345 g/mol. The molecule has 1 aromatic carbocycles. The molecule has 2 N–H and O–H groups in total. The summed E-state index contributed by atoms with van der Waals surface area (Å²) in [6.45, 7) is 2.30. The van der Waals surface area contributed by atoms with Crippen LogP contribution in [0.3, 0.4) is 0 Å². The number of hydrogen-bond acceptors (Lipinski definition) is 6. The van der Waals surface area contributed by atoms with Gasteiger partial charge in [-0.3, -0.25) is 9.36 Å². The smallest absolute Gasteiger partial charge is 0.254 e. The number of amides is 1. The van der Waals surface area contributed by atoms with Crippen molar-refractivity contribution in [2.75, 3.05) is 5.32 Å². The van der Waals surface area contributed by atoms with Crippen LogP contribution in [-0.4, -0.2) is 25.7 Å². The van der Waals surface area contributed by atoms with Gasteiger partial charge in [0.15, 0.2) is 5.82 Å². The van der Waals surface area contributed by atoms with Crippen molar-refractivity contribution in [2.24, 2.45) is 0 Å². The van der Waals surface area contributed by atoms with E-state index in [1.807, 2.05) is 30.3 Å². The molecule has 128 valence electrons. The second kappa shape index (κ2) is 6.29. The summed E-state index contributed by atoms with van der Waals surface area (Å²) < 4.78 is 1.67. The number of fused-ring (bicyclic) bond motifs is 1. The number of nitrogens with one attached hydrogen (secondary N) is 2. The lowest BCUT2D eigenvalue weighted by Crippen LogP contribution is -2.13. The van der Waals surface area contributed by atoms with E-state index in [0.29, 0.717) is 35.1 Å². The topological polar surface area (TPSA) is 109 Å². The van der Waals surface area contributed by atoms with Crippen LogP contribution in [-0.2, 0) is 6.54 Å². The molecule has 2 aromatic heterocycles. The van der Waals surface area contributed by atoms with Crippen molar-refractivity contribution in [3.8, 4) is 17.6 Å². The fourth-order valence-corrected chi connectivity index (χ4v) is 2.92. The van der Waals surface area contributed by atoms with Crippen LogP contribution in [0.2, 0.25) is 0 Å². The molecule has 1 amide bonds. The van der Waals surface area contributed by atoms with Crippen molar-refractivity contribution in [2.45, 2.75) is 19.5 Å². The molecule has 0 saturated heterocycles. The van der Waals surface area contributed by atoms with E-state index in [4.69, 9.17) is 5.26 Å². The lowest BCUT2D eigenvalue weighted by atomic mass is 10.1. The molecule has 0 saturated carbocycles. The Balaban J connectivity index is 1.69. The van der Waals surface area contributed by atoms with Gasteiger partial charge in [0.2, 0.25) is 0 Å². The third kappa shape index (κ3) is 2.65. The van der Waals surface area contributed by atoms with E-state index >= 15 is 0 Å². The van der Waals surface area contributed by atoms with Gasteiger partial charge in [0.1, 0.15) is 23.9 Å². The second-order valence-electron chi connectivity index (χ2n) is 5.92. The summed E-state index contributed by atoms with van der Waals surface area (Å²) in [7, 11) is 0. The van der Waals surface area contributed by atoms with Crippen molar-refractivity contribution >= 4 is 17.4 Å². The number of nitriles is 1. The molecule has 0 spiro atoms. The van der Waals surface area contributed by atoms with E-state index in [-0.39, 0.29) is 5.91 Å². The van der Waals surface area contributed by atoms with E-state index in [9.17, 15) is 4.79 Å². The van der Waals surface area contributed by atoms with Crippen molar-refractivity contribution in [3.63, 3.8) is 0 Å². The van der Waals surface area contributed by atoms with Crippen LogP contribution in [0.5, 0.6) is 0 Å². The van der Waals surface area contributed by atoms with Crippen LogP contribution in [0.25, 0.3) is 11.5 Å². The number of pyridine rings is 1. The maximum absolute atomic E-state index is 12.1. The normalized spacial score (nSPS) is 13.6. The number of aromatic nitrogens is 4. The van der Waals surface area contributed by atoms with Crippen LogP contribution < -0.4 is 10.6 Å². The van der Waals surface area contributed by atoms with Gasteiger partial charge >= 0.3 is 0 Å². The number of carbonyl (C=O) groups is 1. The van der Waals surface area contributed by atoms with E-state index in [0.717, 1.165) is 5.56 Å². The monoisotopic (exact) mass is 345 g/mol. The number of hydrogen-bond donors (Lipinski definition) is 2. The average Bonchev–Trinajstić information content (AvgIpc) is 3.29. The SMILES string of the molecule is C[C@H](C#N)n1cnnc1-c1cccc(Nc2cccc3c2C(=O)NC3)n1. The van der Waals surface area contributed by atoms with Gasteiger partial charge in [0.25, 0.3) is 5.91 Å². The summed E-state index contributed by atoms with van der Waals surface area (Å²) in [5.41, 5.74) is 2.89. The minimum absolute atomic E-state index is 0.0955. The molecule has 0 unspecified atom stereocenters. The molecule has 0 aliphatic carbocycles. The Morgan fingerprint density at radius 1 is 1.31 bits per heavy atom. The highest BCUT2D eigenvalue weighted by Crippen LogP contribution is 2.27. The number of rotatable bonds is 4. The summed E-state index contributed by atoms with van der Waals surface area (Å²) >= 11 is 0. The predicted octanol–water partition coefficient (Wildman–Crippen LogP) is 2.41. The lowest BCUT2D eigenvalue weighted by molar-refractivity contribution is 0.0966. The highest BCUT2D eigenvalue weighted by Gasteiger charge is 2.22. The molecular formula is C18H15N7O. The molecule has 1 atom stereocenters. The molecular weight excluding hydrogens is 330 g/mol. The van der Waals surface area contributed by atoms with Crippen LogP contribution in [0.15, 0.2) is 42.7 Å². The van der Waals surface area contributed by atoms with Crippen LogP contribution in [0.1, 0.15) is 28.9 Å². The van der Waals surface area contributed by atoms with E-state index in [1.54, 1.807) is 17.6 Å². The van der Waals surface area contributed by atoms with Gasteiger partial charge in [-0.05, 0) is 30.7 Å². The van der Waals surface area contributed by atoms with E-state index in [1.165, 1.54) is 6.33 Å². The molecule has 0 bridgehead atoms. The molecule has 0 fully saturated rings. The molecule has 8 heteroatoms. The Kier molecular flexibility index (Phi) is 3.82. The molecule has 1 aliphatic heterocycles. The first-order valence-corrected chi connectivity index (χ1v) is 8.11. The largest absolute Gasteiger partial charge is 0.348 e. The highest BCUT2D eigenvalue weighted by atomic mass is 16.1. The van der Waals surface area contributed by atoms with Gasteiger partial charge in [-0.2, -0.15) is 5.26 Å². The van der Waals surface area contributed by atoms with Crippen LogP contribution in [0, 0.1) is 11.3 Å². The highest BCUT2D eigenvalue weighted by molar-refractivity contribution is 6.04. The number of carbonyl (C=O) groups excluding carboxylic acids is 1. The summed E-state index contributed by atoms with van der Waals surface area (Å²) in [4.78, 5) is 16.6. The Hall–Kier alpha value is -3.73. The van der Waals surface area contributed by atoms with Gasteiger partial charge in [0.05, 0.1) is 17.3 Å². The molecule has 1 aliphatic rings. The van der Waals surface area contributed by atoms with Gasteiger partial charge in [-0.1, -0.05) is 18.2 Å². The zero-order chi connectivity index (χ0) is 18.1. The van der Waals surface area contributed by atoms with Crippen LogP contribution in [0.4, 0.5) is 11.5 Å². The Bertz CT molecular complexity index is 1030. The molecule has 26 heavy (non-hydrogen) atoms. The first-order valence-electron chi connectivity index (χ1n) is 8.11. The standard InChI is InChI=1S/C18H15N7O/c1-11(8-19)25-10-21-24-17(25)14-6-3-7-15(23-14)22-13-5-2-4-12-9-20-18(26)16(12)13/h2-7,10-11H,9H2,1H3,(H,20,26)(H,22,23)/t11-/m1/s1.